The van der Waals surface area contributed by atoms with Gasteiger partial charge in [0.1, 0.15) is 0 Å². The summed E-state index contributed by atoms with van der Waals surface area (Å²) in [7, 11) is 1.86. The van der Waals surface area contributed by atoms with Crippen molar-refractivity contribution in [1.82, 2.24) is 20.0 Å². The Kier molecular flexibility index (Phi) is 5.45. The molecular formula is C18H24N4O3. The second-order valence-corrected chi connectivity index (χ2v) is 6.60. The van der Waals surface area contributed by atoms with Gasteiger partial charge < -0.3 is 14.4 Å². The molecule has 0 spiro atoms. The van der Waals surface area contributed by atoms with Crippen LogP contribution in [0.5, 0.6) is 0 Å². The molecule has 2 aromatic rings. The molecule has 0 bridgehead atoms. The minimum absolute atomic E-state index is 0.0630. The molecule has 1 aromatic heterocycles. The van der Waals surface area contributed by atoms with Crippen molar-refractivity contribution in [2.45, 2.75) is 32.4 Å². The van der Waals surface area contributed by atoms with Gasteiger partial charge in [-0.25, -0.2) is 0 Å². The van der Waals surface area contributed by atoms with E-state index in [1.54, 1.807) is 4.90 Å². The third kappa shape index (κ3) is 4.43. The van der Waals surface area contributed by atoms with Crippen LogP contribution in [-0.2, 0) is 11.3 Å². The van der Waals surface area contributed by atoms with E-state index >= 15 is 0 Å². The largest absolute Gasteiger partial charge is 0.419 e. The van der Waals surface area contributed by atoms with Gasteiger partial charge in [0.15, 0.2) is 0 Å². The molecule has 0 saturated carbocycles. The van der Waals surface area contributed by atoms with Crippen LogP contribution in [0, 0.1) is 6.92 Å². The Balaban J connectivity index is 1.56. The third-order valence-corrected chi connectivity index (χ3v) is 4.47. The van der Waals surface area contributed by atoms with Gasteiger partial charge in [0.2, 0.25) is 17.7 Å². The van der Waals surface area contributed by atoms with Gasteiger partial charge in [-0.1, -0.05) is 18.2 Å². The SMILES string of the molecule is Cc1ccccc1-c1nnc(CN(C)CC(=O)N2CCC(O)CC2)o1. The highest BCUT2D eigenvalue weighted by Crippen LogP contribution is 2.21. The number of hydrogen-bond donors (Lipinski definition) is 1. The summed E-state index contributed by atoms with van der Waals surface area (Å²) in [5.41, 5.74) is 2.00. The van der Waals surface area contributed by atoms with Gasteiger partial charge >= 0.3 is 0 Å². The summed E-state index contributed by atoms with van der Waals surface area (Å²) in [6, 6.07) is 7.85. The van der Waals surface area contributed by atoms with E-state index in [0.717, 1.165) is 11.1 Å². The number of amides is 1. The molecule has 0 radical (unpaired) electrons. The van der Waals surface area contributed by atoms with Crippen LogP contribution in [0.2, 0.25) is 0 Å². The lowest BCUT2D eigenvalue weighted by Crippen LogP contribution is -2.44. The van der Waals surface area contributed by atoms with E-state index < -0.39 is 0 Å². The van der Waals surface area contributed by atoms with Crippen LogP contribution in [-0.4, -0.2) is 63.8 Å². The number of rotatable bonds is 5. The lowest BCUT2D eigenvalue weighted by Gasteiger charge is -2.30. The summed E-state index contributed by atoms with van der Waals surface area (Å²) in [5, 5.41) is 17.7. The van der Waals surface area contributed by atoms with Gasteiger partial charge in [0, 0.05) is 18.7 Å². The summed E-state index contributed by atoms with van der Waals surface area (Å²) in [5.74, 6) is 1.05. The van der Waals surface area contributed by atoms with Crippen molar-refractivity contribution < 1.29 is 14.3 Å². The highest BCUT2D eigenvalue weighted by atomic mass is 16.4. The molecule has 7 nitrogen and oxygen atoms in total. The van der Waals surface area contributed by atoms with E-state index in [9.17, 15) is 9.90 Å². The standard InChI is InChI=1S/C18H24N4O3/c1-13-5-3-4-6-15(13)18-20-19-16(25-18)11-21(2)12-17(24)22-9-7-14(23)8-10-22/h3-6,14,23H,7-12H2,1-2H3. The molecule has 3 rings (SSSR count). The predicted molar refractivity (Wildman–Crippen MR) is 92.6 cm³/mol. The Morgan fingerprint density at radius 1 is 1.32 bits per heavy atom. The molecule has 1 fully saturated rings. The molecule has 0 unspecified atom stereocenters. The van der Waals surface area contributed by atoms with Crippen LogP contribution in [0.15, 0.2) is 28.7 Å². The van der Waals surface area contributed by atoms with Crippen LogP contribution in [0.25, 0.3) is 11.5 Å². The first-order chi connectivity index (χ1) is 12.0. The third-order valence-electron chi connectivity index (χ3n) is 4.47. The first-order valence-electron chi connectivity index (χ1n) is 8.55. The maximum atomic E-state index is 12.3. The number of likely N-dealkylation sites (N-methyl/N-ethyl adjacent to an activating group) is 1. The number of nitrogens with zero attached hydrogens (tertiary/aromatic N) is 4. The van der Waals surface area contributed by atoms with Gasteiger partial charge in [-0.2, -0.15) is 0 Å². The maximum absolute atomic E-state index is 12.3. The van der Waals surface area contributed by atoms with Crippen molar-refractivity contribution in [2.24, 2.45) is 0 Å². The average molecular weight is 344 g/mol. The zero-order valence-electron chi connectivity index (χ0n) is 14.7. The van der Waals surface area contributed by atoms with Crippen molar-refractivity contribution in [1.29, 1.82) is 0 Å². The highest BCUT2D eigenvalue weighted by molar-refractivity contribution is 5.78. The van der Waals surface area contributed by atoms with Crippen molar-refractivity contribution >= 4 is 5.91 Å². The van der Waals surface area contributed by atoms with Crippen molar-refractivity contribution in [3.05, 3.63) is 35.7 Å². The number of aliphatic hydroxyl groups excluding tert-OH is 1. The maximum Gasteiger partial charge on any atom is 0.248 e. The molecule has 0 atom stereocenters. The minimum Gasteiger partial charge on any atom is -0.419 e. The van der Waals surface area contributed by atoms with Crippen LogP contribution >= 0.6 is 0 Å². The number of likely N-dealkylation sites (tertiary alicyclic amines) is 1. The molecule has 1 saturated heterocycles. The van der Waals surface area contributed by atoms with Gasteiger partial charge in [-0.3, -0.25) is 9.69 Å². The van der Waals surface area contributed by atoms with E-state index in [1.165, 1.54) is 0 Å². The zero-order valence-corrected chi connectivity index (χ0v) is 14.7. The molecule has 1 aromatic carbocycles. The number of aromatic nitrogens is 2. The molecule has 1 aliphatic rings. The summed E-state index contributed by atoms with van der Waals surface area (Å²) in [6.07, 6.45) is 1.03. The monoisotopic (exact) mass is 344 g/mol. The topological polar surface area (TPSA) is 82.7 Å². The molecule has 7 heteroatoms. The van der Waals surface area contributed by atoms with Crippen LogP contribution < -0.4 is 0 Å². The highest BCUT2D eigenvalue weighted by Gasteiger charge is 2.22. The van der Waals surface area contributed by atoms with E-state index in [2.05, 4.69) is 10.2 Å². The second kappa shape index (κ2) is 7.76. The Morgan fingerprint density at radius 3 is 2.76 bits per heavy atom. The van der Waals surface area contributed by atoms with E-state index in [0.29, 0.717) is 44.3 Å². The first kappa shape index (κ1) is 17.6. The van der Waals surface area contributed by atoms with Gasteiger partial charge in [0.25, 0.3) is 0 Å². The van der Waals surface area contributed by atoms with Crippen LogP contribution in [0.3, 0.4) is 0 Å². The van der Waals surface area contributed by atoms with Gasteiger partial charge in [0.05, 0.1) is 19.2 Å². The van der Waals surface area contributed by atoms with E-state index in [4.69, 9.17) is 4.42 Å². The molecule has 134 valence electrons. The molecule has 25 heavy (non-hydrogen) atoms. The number of piperidine rings is 1. The summed E-state index contributed by atoms with van der Waals surface area (Å²) in [4.78, 5) is 16.0. The van der Waals surface area contributed by atoms with Crippen molar-refractivity contribution in [3.63, 3.8) is 0 Å². The number of carbonyl (C=O) groups is 1. The Bertz CT molecular complexity index is 723. The molecular weight excluding hydrogens is 320 g/mol. The lowest BCUT2D eigenvalue weighted by atomic mass is 10.1. The zero-order chi connectivity index (χ0) is 17.8. The normalized spacial score (nSPS) is 15.8. The van der Waals surface area contributed by atoms with E-state index in [-0.39, 0.29) is 18.6 Å². The average Bonchev–Trinajstić information content (AvgIpc) is 3.03. The first-order valence-corrected chi connectivity index (χ1v) is 8.55. The Labute approximate surface area is 147 Å². The number of aliphatic hydroxyl groups is 1. The summed E-state index contributed by atoms with van der Waals surface area (Å²) in [6.45, 7) is 3.94. The van der Waals surface area contributed by atoms with Crippen LogP contribution in [0.4, 0.5) is 0 Å². The molecule has 1 aliphatic heterocycles. The molecule has 1 amide bonds. The smallest absolute Gasteiger partial charge is 0.248 e. The Morgan fingerprint density at radius 2 is 2.04 bits per heavy atom. The minimum atomic E-state index is -0.278. The number of aryl methyl sites for hydroxylation is 1. The van der Waals surface area contributed by atoms with Gasteiger partial charge in [-0.05, 0) is 38.4 Å². The second-order valence-electron chi connectivity index (χ2n) is 6.60. The molecule has 0 aliphatic carbocycles. The van der Waals surface area contributed by atoms with E-state index in [1.807, 2.05) is 43.1 Å². The number of hydrogen-bond acceptors (Lipinski definition) is 6. The molecule has 2 heterocycles. The fraction of sp³-hybridized carbons (Fsp3) is 0.500. The predicted octanol–water partition coefficient (Wildman–Crippen LogP) is 1.46. The quantitative estimate of drug-likeness (QED) is 0.884. The number of benzene rings is 1. The fourth-order valence-corrected chi connectivity index (χ4v) is 2.97. The number of carbonyl (C=O) groups excluding carboxylic acids is 1. The van der Waals surface area contributed by atoms with Crippen molar-refractivity contribution in [2.75, 3.05) is 26.7 Å². The summed E-state index contributed by atoms with van der Waals surface area (Å²) >= 11 is 0. The Hall–Kier alpha value is -2.25. The van der Waals surface area contributed by atoms with Gasteiger partial charge in [-0.15, -0.1) is 10.2 Å². The van der Waals surface area contributed by atoms with Crippen molar-refractivity contribution in [3.8, 4) is 11.5 Å². The molecule has 1 N–H and O–H groups in total. The fourth-order valence-electron chi connectivity index (χ4n) is 2.97. The van der Waals surface area contributed by atoms with Crippen LogP contribution in [0.1, 0.15) is 24.3 Å². The lowest BCUT2D eigenvalue weighted by molar-refractivity contribution is -0.134. The summed E-state index contributed by atoms with van der Waals surface area (Å²) < 4.78 is 5.74.